The zero-order valence-electron chi connectivity index (χ0n) is 17.2. The number of aromatic nitrogens is 1. The van der Waals surface area contributed by atoms with Gasteiger partial charge >= 0.3 is 0 Å². The number of benzene rings is 1. The fourth-order valence-electron chi connectivity index (χ4n) is 3.44. The first kappa shape index (κ1) is 20.8. The molecule has 0 aliphatic carbocycles. The summed E-state index contributed by atoms with van der Waals surface area (Å²) >= 11 is 0. The molecule has 0 saturated carbocycles. The average Bonchev–Trinajstić information content (AvgIpc) is 3.24. The van der Waals surface area contributed by atoms with Gasteiger partial charge in [-0.1, -0.05) is 38.1 Å². The van der Waals surface area contributed by atoms with E-state index in [2.05, 4.69) is 19.2 Å². The van der Waals surface area contributed by atoms with Crippen molar-refractivity contribution in [3.8, 4) is 11.1 Å². The van der Waals surface area contributed by atoms with Crippen LogP contribution in [0.3, 0.4) is 0 Å². The van der Waals surface area contributed by atoms with Crippen molar-refractivity contribution in [1.29, 1.82) is 0 Å². The van der Waals surface area contributed by atoms with Gasteiger partial charge in [0.1, 0.15) is 6.26 Å². The number of hydrogen-bond donors (Lipinski definition) is 3. The summed E-state index contributed by atoms with van der Waals surface area (Å²) in [5.74, 6) is 0.189. The maximum atomic E-state index is 12.7. The minimum atomic E-state index is -0.247. The normalized spacial score (nSPS) is 11.1. The molecular weight excluding hydrogens is 364 g/mol. The number of carbonyl (C=O) groups excluding carboxylic acids is 1. The van der Waals surface area contributed by atoms with Gasteiger partial charge in [0.15, 0.2) is 0 Å². The third-order valence-corrected chi connectivity index (χ3v) is 4.87. The van der Waals surface area contributed by atoms with Crippen LogP contribution in [0, 0.1) is 12.8 Å². The summed E-state index contributed by atoms with van der Waals surface area (Å²) in [6.07, 6.45) is 3.71. The summed E-state index contributed by atoms with van der Waals surface area (Å²) in [7, 11) is 0. The monoisotopic (exact) mass is 392 g/mol. The van der Waals surface area contributed by atoms with Crippen LogP contribution in [0.2, 0.25) is 0 Å². The third-order valence-electron chi connectivity index (χ3n) is 4.87. The molecule has 0 radical (unpaired) electrons. The molecule has 29 heavy (non-hydrogen) atoms. The Labute approximate surface area is 171 Å². The number of pyridine rings is 1. The van der Waals surface area contributed by atoms with Gasteiger partial charge in [-0.15, -0.1) is 0 Å². The van der Waals surface area contributed by atoms with Gasteiger partial charge in [-0.3, -0.25) is 9.78 Å². The number of rotatable bonds is 7. The second-order valence-electron chi connectivity index (χ2n) is 7.54. The molecule has 2 aromatic heterocycles. The molecule has 0 aliphatic heterocycles. The van der Waals surface area contributed by atoms with Crippen LogP contribution in [0.5, 0.6) is 0 Å². The van der Waals surface area contributed by atoms with Crippen molar-refractivity contribution in [2.24, 2.45) is 17.4 Å². The molecular formula is C23H28N4O2. The van der Waals surface area contributed by atoms with Gasteiger partial charge in [0.05, 0.1) is 23.2 Å². The van der Waals surface area contributed by atoms with Crippen molar-refractivity contribution in [2.75, 3.05) is 5.32 Å². The van der Waals surface area contributed by atoms with Crippen molar-refractivity contribution < 1.29 is 9.21 Å². The molecule has 2 heterocycles. The van der Waals surface area contributed by atoms with Crippen molar-refractivity contribution in [1.82, 2.24) is 4.98 Å². The first-order valence-electron chi connectivity index (χ1n) is 9.79. The van der Waals surface area contributed by atoms with Crippen LogP contribution >= 0.6 is 0 Å². The summed E-state index contributed by atoms with van der Waals surface area (Å²) < 4.78 is 5.04. The van der Waals surface area contributed by atoms with E-state index in [4.69, 9.17) is 20.9 Å². The number of furan rings is 1. The van der Waals surface area contributed by atoms with E-state index in [0.29, 0.717) is 30.3 Å². The number of nitrogens with one attached hydrogen (secondary N) is 1. The Balaban J connectivity index is 2.18. The molecule has 6 nitrogen and oxygen atoms in total. The summed E-state index contributed by atoms with van der Waals surface area (Å²) in [6.45, 7) is 7.02. The second-order valence-corrected chi connectivity index (χ2v) is 7.54. The highest BCUT2D eigenvalue weighted by molar-refractivity contribution is 6.06. The second kappa shape index (κ2) is 9.03. The fourth-order valence-corrected chi connectivity index (χ4v) is 3.44. The van der Waals surface area contributed by atoms with Gasteiger partial charge in [0, 0.05) is 24.3 Å². The maximum Gasteiger partial charge on any atom is 0.258 e. The van der Waals surface area contributed by atoms with Crippen molar-refractivity contribution in [3.63, 3.8) is 0 Å². The van der Waals surface area contributed by atoms with Gasteiger partial charge in [-0.2, -0.15) is 0 Å². The van der Waals surface area contributed by atoms with Crippen LogP contribution in [-0.2, 0) is 19.5 Å². The van der Waals surface area contributed by atoms with Crippen LogP contribution in [-0.4, -0.2) is 10.9 Å². The van der Waals surface area contributed by atoms with Gasteiger partial charge in [-0.25, -0.2) is 0 Å². The molecule has 5 N–H and O–H groups in total. The minimum absolute atomic E-state index is 0.247. The van der Waals surface area contributed by atoms with E-state index in [1.54, 1.807) is 6.07 Å². The summed E-state index contributed by atoms with van der Waals surface area (Å²) in [5, 5.41) is 3.02. The zero-order valence-corrected chi connectivity index (χ0v) is 17.2. The summed E-state index contributed by atoms with van der Waals surface area (Å²) in [4.78, 5) is 17.5. The quantitative estimate of drug-likeness (QED) is 0.563. The molecule has 0 aliphatic rings. The number of aryl methyl sites for hydroxylation is 1. The lowest BCUT2D eigenvalue weighted by molar-refractivity contribution is 0.102. The Morgan fingerprint density at radius 2 is 1.86 bits per heavy atom. The number of carbonyl (C=O) groups is 1. The first-order valence-corrected chi connectivity index (χ1v) is 9.79. The molecule has 0 fully saturated rings. The van der Waals surface area contributed by atoms with Crippen LogP contribution in [0.1, 0.15) is 46.7 Å². The highest BCUT2D eigenvalue weighted by Crippen LogP contribution is 2.36. The molecule has 0 saturated heterocycles. The SMILES string of the molecule is Cc1nc(CC(C)C)c(CN)c(-c2ccc(CN)cc2)c1NC(=O)c1ccoc1. The first-order chi connectivity index (χ1) is 13.9. The predicted octanol–water partition coefficient (Wildman–Crippen LogP) is 4.02. The standard InChI is InChI=1S/C23H28N4O2/c1-14(2)10-20-19(12-25)21(17-6-4-16(11-24)5-7-17)22(15(3)26-20)27-23(28)18-8-9-29-13-18/h4-9,13-14H,10-12,24-25H2,1-3H3,(H,27,28). The molecule has 3 aromatic rings. The average molecular weight is 393 g/mol. The number of nitrogens with two attached hydrogens (primary N) is 2. The van der Waals surface area contributed by atoms with Crippen LogP contribution in [0.15, 0.2) is 47.3 Å². The van der Waals surface area contributed by atoms with E-state index in [1.165, 1.54) is 12.5 Å². The highest BCUT2D eigenvalue weighted by atomic mass is 16.3. The lowest BCUT2D eigenvalue weighted by Gasteiger charge is -2.21. The van der Waals surface area contributed by atoms with Gasteiger partial charge < -0.3 is 21.2 Å². The topological polar surface area (TPSA) is 107 Å². The van der Waals surface area contributed by atoms with Crippen LogP contribution in [0.25, 0.3) is 11.1 Å². The lowest BCUT2D eigenvalue weighted by Crippen LogP contribution is -2.17. The number of amides is 1. The minimum Gasteiger partial charge on any atom is -0.472 e. The molecule has 0 spiro atoms. The number of nitrogens with zero attached hydrogens (tertiary/aromatic N) is 1. The molecule has 6 heteroatoms. The molecule has 152 valence electrons. The molecule has 0 atom stereocenters. The third kappa shape index (κ3) is 4.55. The predicted molar refractivity (Wildman–Crippen MR) is 115 cm³/mol. The van der Waals surface area contributed by atoms with Crippen LogP contribution < -0.4 is 16.8 Å². The van der Waals surface area contributed by atoms with Gasteiger partial charge in [0.25, 0.3) is 5.91 Å². The number of anilines is 1. The zero-order chi connectivity index (χ0) is 21.0. The van der Waals surface area contributed by atoms with E-state index in [0.717, 1.165) is 40.1 Å². The Bertz CT molecular complexity index is 977. The maximum absolute atomic E-state index is 12.7. The Morgan fingerprint density at radius 1 is 1.14 bits per heavy atom. The Kier molecular flexibility index (Phi) is 6.46. The molecule has 1 amide bonds. The van der Waals surface area contributed by atoms with Crippen molar-refractivity contribution in [2.45, 2.75) is 40.3 Å². The van der Waals surface area contributed by atoms with E-state index >= 15 is 0 Å². The summed E-state index contributed by atoms with van der Waals surface area (Å²) in [5.41, 5.74) is 18.7. The van der Waals surface area contributed by atoms with E-state index < -0.39 is 0 Å². The van der Waals surface area contributed by atoms with Gasteiger partial charge in [0.2, 0.25) is 0 Å². The largest absolute Gasteiger partial charge is 0.472 e. The molecule has 3 rings (SSSR count). The summed E-state index contributed by atoms with van der Waals surface area (Å²) in [6, 6.07) is 9.65. The fraction of sp³-hybridized carbons (Fsp3) is 0.304. The Morgan fingerprint density at radius 3 is 2.41 bits per heavy atom. The highest BCUT2D eigenvalue weighted by Gasteiger charge is 2.21. The van der Waals surface area contributed by atoms with Crippen molar-refractivity contribution in [3.05, 3.63) is 70.9 Å². The van der Waals surface area contributed by atoms with Crippen molar-refractivity contribution >= 4 is 11.6 Å². The van der Waals surface area contributed by atoms with E-state index in [-0.39, 0.29) is 5.91 Å². The van der Waals surface area contributed by atoms with Crippen LogP contribution in [0.4, 0.5) is 5.69 Å². The van der Waals surface area contributed by atoms with E-state index in [1.807, 2.05) is 31.2 Å². The van der Waals surface area contributed by atoms with E-state index in [9.17, 15) is 4.79 Å². The molecule has 1 aromatic carbocycles. The smallest absolute Gasteiger partial charge is 0.258 e. The van der Waals surface area contributed by atoms with Gasteiger partial charge in [-0.05, 0) is 42.0 Å². The molecule has 0 bridgehead atoms. The lowest BCUT2D eigenvalue weighted by atomic mass is 9.92. The number of hydrogen-bond acceptors (Lipinski definition) is 5. The molecule has 0 unspecified atom stereocenters. The Hall–Kier alpha value is -2.96.